The van der Waals surface area contributed by atoms with Crippen LogP contribution in [0.15, 0.2) is 101 Å². The minimum Gasteiger partial charge on any atom is -0.385 e. The van der Waals surface area contributed by atoms with Crippen molar-refractivity contribution in [1.29, 1.82) is 0 Å². The van der Waals surface area contributed by atoms with Crippen molar-refractivity contribution in [2.45, 2.75) is 29.0 Å². The van der Waals surface area contributed by atoms with Gasteiger partial charge in [0.15, 0.2) is 6.17 Å². The van der Waals surface area contributed by atoms with Crippen LogP contribution in [0, 0.1) is 6.92 Å². The van der Waals surface area contributed by atoms with Crippen LogP contribution in [-0.4, -0.2) is 9.32 Å². The van der Waals surface area contributed by atoms with Crippen LogP contribution in [-0.2, 0) is 10.8 Å². The van der Waals surface area contributed by atoms with Gasteiger partial charge >= 0.3 is 0 Å². The molecule has 0 heterocycles. The molecule has 4 aromatic rings. The van der Waals surface area contributed by atoms with E-state index in [0.29, 0.717) is 15.4 Å². The molecule has 0 radical (unpaired) electrons. The van der Waals surface area contributed by atoms with Crippen LogP contribution in [0.25, 0.3) is 10.8 Å². The Morgan fingerprint density at radius 3 is 2.24 bits per heavy atom. The van der Waals surface area contributed by atoms with Gasteiger partial charge in [-0.3, -0.25) is 0 Å². The summed E-state index contributed by atoms with van der Waals surface area (Å²) in [7, 11) is -1.53. The number of aliphatic hydroxyl groups excluding tert-OH is 1. The SMILES string of the molecule is Cc1ccc(S(=O)c2ccccc2[C@H](F)[C@H](O)c2ccc3ccccc3c2)cc1. The maximum Gasteiger partial charge on any atom is 0.156 e. The standard InChI is InChI=1S/C25H21FO2S/c1-17-10-14-21(15-11-17)29(28)23-9-5-4-8-22(23)24(26)25(27)20-13-12-18-6-2-3-7-19(18)16-20/h2-16,24-25,27H,1H3/t24-,25+,29?/m0/s1. The molecule has 4 aromatic carbocycles. The summed E-state index contributed by atoms with van der Waals surface area (Å²) in [6.45, 7) is 1.96. The summed E-state index contributed by atoms with van der Waals surface area (Å²) >= 11 is 0. The molecular weight excluding hydrogens is 383 g/mol. The Morgan fingerprint density at radius 1 is 0.828 bits per heavy atom. The van der Waals surface area contributed by atoms with Gasteiger partial charge in [0.25, 0.3) is 0 Å². The van der Waals surface area contributed by atoms with Crippen LogP contribution < -0.4 is 0 Å². The summed E-state index contributed by atoms with van der Waals surface area (Å²) < 4.78 is 28.5. The van der Waals surface area contributed by atoms with E-state index in [9.17, 15) is 9.32 Å². The topological polar surface area (TPSA) is 37.3 Å². The molecule has 0 aliphatic heterocycles. The summed E-state index contributed by atoms with van der Waals surface area (Å²) in [6, 6.07) is 27.2. The van der Waals surface area contributed by atoms with Gasteiger partial charge in [0.2, 0.25) is 0 Å². The maximum absolute atomic E-state index is 15.4. The number of alkyl halides is 1. The highest BCUT2D eigenvalue weighted by Gasteiger charge is 2.26. The molecule has 0 aromatic heterocycles. The summed E-state index contributed by atoms with van der Waals surface area (Å²) in [5.41, 5.74) is 1.80. The smallest absolute Gasteiger partial charge is 0.156 e. The van der Waals surface area contributed by atoms with Crippen molar-refractivity contribution in [2.75, 3.05) is 0 Å². The molecule has 4 heteroatoms. The van der Waals surface area contributed by atoms with E-state index in [0.717, 1.165) is 16.3 Å². The number of halogens is 1. The Bertz CT molecular complexity index is 1170. The zero-order valence-corrected chi connectivity index (χ0v) is 16.8. The second kappa shape index (κ2) is 8.27. The summed E-state index contributed by atoms with van der Waals surface area (Å²) in [5.74, 6) is 0. The second-order valence-electron chi connectivity index (χ2n) is 7.07. The first-order valence-electron chi connectivity index (χ1n) is 9.43. The summed E-state index contributed by atoms with van der Waals surface area (Å²) in [4.78, 5) is 0.985. The summed E-state index contributed by atoms with van der Waals surface area (Å²) in [5, 5.41) is 12.7. The largest absolute Gasteiger partial charge is 0.385 e. The number of rotatable bonds is 5. The van der Waals surface area contributed by atoms with Gasteiger partial charge in [-0.1, -0.05) is 72.3 Å². The molecule has 0 aliphatic rings. The van der Waals surface area contributed by atoms with Gasteiger partial charge in [0.05, 0.1) is 10.8 Å². The van der Waals surface area contributed by atoms with Crippen LogP contribution in [0.1, 0.15) is 29.0 Å². The average Bonchev–Trinajstić information content (AvgIpc) is 2.78. The highest BCUT2D eigenvalue weighted by Crippen LogP contribution is 2.37. The molecule has 0 saturated heterocycles. The van der Waals surface area contributed by atoms with Gasteiger partial charge in [0.1, 0.15) is 6.10 Å². The fraction of sp³-hybridized carbons (Fsp3) is 0.120. The van der Waals surface area contributed by atoms with Gasteiger partial charge in [0, 0.05) is 15.4 Å². The molecule has 0 amide bonds. The lowest BCUT2D eigenvalue weighted by molar-refractivity contribution is 0.0761. The molecule has 4 rings (SSSR count). The van der Waals surface area contributed by atoms with E-state index in [1.54, 1.807) is 48.5 Å². The Morgan fingerprint density at radius 2 is 1.48 bits per heavy atom. The highest BCUT2D eigenvalue weighted by molar-refractivity contribution is 7.85. The first kappa shape index (κ1) is 19.5. The molecule has 2 nitrogen and oxygen atoms in total. The molecule has 0 bridgehead atoms. The lowest BCUT2D eigenvalue weighted by Gasteiger charge is -2.19. The van der Waals surface area contributed by atoms with Crippen LogP contribution in [0.3, 0.4) is 0 Å². The number of hydrogen-bond donors (Lipinski definition) is 1. The van der Waals surface area contributed by atoms with E-state index < -0.39 is 23.1 Å². The van der Waals surface area contributed by atoms with E-state index in [4.69, 9.17) is 0 Å². The van der Waals surface area contributed by atoms with Crippen LogP contribution >= 0.6 is 0 Å². The van der Waals surface area contributed by atoms with Gasteiger partial charge < -0.3 is 5.11 Å². The highest BCUT2D eigenvalue weighted by atomic mass is 32.2. The minimum absolute atomic E-state index is 0.243. The average molecular weight is 405 g/mol. The van der Waals surface area contributed by atoms with Crippen molar-refractivity contribution in [3.63, 3.8) is 0 Å². The fourth-order valence-electron chi connectivity index (χ4n) is 3.40. The number of hydrogen-bond acceptors (Lipinski definition) is 2. The number of benzene rings is 4. The van der Waals surface area contributed by atoms with Gasteiger partial charge in [-0.25, -0.2) is 8.60 Å². The van der Waals surface area contributed by atoms with E-state index in [1.807, 2.05) is 49.4 Å². The zero-order chi connectivity index (χ0) is 20.4. The number of aliphatic hydroxyl groups is 1. The molecule has 0 spiro atoms. The molecule has 1 unspecified atom stereocenters. The predicted molar refractivity (Wildman–Crippen MR) is 115 cm³/mol. The van der Waals surface area contributed by atoms with Crippen molar-refractivity contribution in [3.05, 3.63) is 108 Å². The first-order valence-corrected chi connectivity index (χ1v) is 10.6. The van der Waals surface area contributed by atoms with Crippen LogP contribution in [0.4, 0.5) is 4.39 Å². The Balaban J connectivity index is 1.68. The van der Waals surface area contributed by atoms with Gasteiger partial charge in [-0.05, 0) is 47.5 Å². The number of aryl methyl sites for hydroxylation is 1. The quantitative estimate of drug-likeness (QED) is 0.439. The van der Waals surface area contributed by atoms with Crippen LogP contribution in [0.5, 0.6) is 0 Å². The predicted octanol–water partition coefficient (Wildman–Crippen LogP) is 6.06. The van der Waals surface area contributed by atoms with Gasteiger partial charge in [-0.15, -0.1) is 0 Å². The van der Waals surface area contributed by atoms with E-state index in [1.165, 1.54) is 0 Å². The summed E-state index contributed by atoms with van der Waals surface area (Å²) in [6.07, 6.45) is -3.04. The van der Waals surface area contributed by atoms with E-state index >= 15 is 4.39 Å². The zero-order valence-electron chi connectivity index (χ0n) is 16.0. The van der Waals surface area contributed by atoms with E-state index in [2.05, 4.69) is 0 Å². The van der Waals surface area contributed by atoms with Crippen molar-refractivity contribution in [3.8, 4) is 0 Å². The van der Waals surface area contributed by atoms with Crippen molar-refractivity contribution >= 4 is 21.6 Å². The molecule has 29 heavy (non-hydrogen) atoms. The molecule has 0 saturated carbocycles. The van der Waals surface area contributed by atoms with E-state index in [-0.39, 0.29) is 5.56 Å². The first-order chi connectivity index (χ1) is 14.0. The van der Waals surface area contributed by atoms with Gasteiger partial charge in [-0.2, -0.15) is 0 Å². The monoisotopic (exact) mass is 404 g/mol. The van der Waals surface area contributed by atoms with Crippen molar-refractivity contribution < 1.29 is 13.7 Å². The fourth-order valence-corrected chi connectivity index (χ4v) is 4.63. The Hall–Kier alpha value is -2.82. The molecule has 0 aliphatic carbocycles. The molecular formula is C25H21FO2S. The third-order valence-electron chi connectivity index (χ3n) is 5.04. The Labute approximate surface area is 172 Å². The van der Waals surface area contributed by atoms with Crippen molar-refractivity contribution in [1.82, 2.24) is 0 Å². The molecule has 1 N–H and O–H groups in total. The molecule has 0 fully saturated rings. The van der Waals surface area contributed by atoms with Crippen LogP contribution in [0.2, 0.25) is 0 Å². The minimum atomic E-state index is -1.69. The normalized spacial score (nSPS) is 14.4. The van der Waals surface area contributed by atoms with Crippen molar-refractivity contribution in [2.24, 2.45) is 0 Å². The molecule has 3 atom stereocenters. The Kier molecular flexibility index (Phi) is 5.56. The third kappa shape index (κ3) is 4.00. The lowest BCUT2D eigenvalue weighted by Crippen LogP contribution is -2.10. The third-order valence-corrected chi connectivity index (χ3v) is 6.51. The maximum atomic E-state index is 15.4. The molecule has 146 valence electrons. The number of fused-ring (bicyclic) bond motifs is 1. The second-order valence-corrected chi connectivity index (χ2v) is 8.52. The lowest BCUT2D eigenvalue weighted by atomic mass is 9.97.